The number of rotatable bonds is 3. The topological polar surface area (TPSA) is 0 Å². The summed E-state index contributed by atoms with van der Waals surface area (Å²) >= 11 is 5.54. The quantitative estimate of drug-likeness (QED) is 0.437. The molecule has 1 fully saturated rings. The Hall–Kier alpha value is 0.0300. The standard InChI is InChI=1S/C9H15Cl/c10-8-4-3-7-9-5-1-2-6-9/h3,7,9H,1-2,4-6,8H2. The molecule has 0 saturated heterocycles. The van der Waals surface area contributed by atoms with Crippen LogP contribution in [-0.2, 0) is 0 Å². The summed E-state index contributed by atoms with van der Waals surface area (Å²) in [6.07, 6.45) is 11.3. The van der Waals surface area contributed by atoms with Crippen LogP contribution in [0.5, 0.6) is 0 Å². The van der Waals surface area contributed by atoms with Crippen LogP contribution in [0.2, 0.25) is 0 Å². The van der Waals surface area contributed by atoms with Crippen LogP contribution in [0.15, 0.2) is 12.2 Å². The van der Waals surface area contributed by atoms with E-state index in [0.717, 1.165) is 18.2 Å². The highest BCUT2D eigenvalue weighted by molar-refractivity contribution is 6.17. The zero-order valence-corrected chi connectivity index (χ0v) is 7.11. The summed E-state index contributed by atoms with van der Waals surface area (Å²) in [5.74, 6) is 1.65. The van der Waals surface area contributed by atoms with Crippen molar-refractivity contribution in [2.75, 3.05) is 5.88 Å². The van der Waals surface area contributed by atoms with Gasteiger partial charge in [-0.3, -0.25) is 0 Å². The Balaban J connectivity index is 2.10. The molecule has 0 spiro atoms. The molecule has 0 N–H and O–H groups in total. The van der Waals surface area contributed by atoms with Gasteiger partial charge in [0, 0.05) is 5.88 Å². The van der Waals surface area contributed by atoms with E-state index in [0.29, 0.717) is 0 Å². The van der Waals surface area contributed by atoms with Gasteiger partial charge in [0.25, 0.3) is 0 Å². The molecule has 0 atom stereocenters. The second-order valence-electron chi connectivity index (χ2n) is 2.95. The molecule has 0 unspecified atom stereocenters. The van der Waals surface area contributed by atoms with Gasteiger partial charge in [-0.25, -0.2) is 0 Å². The van der Waals surface area contributed by atoms with Crippen LogP contribution in [0.1, 0.15) is 32.1 Å². The molecule has 0 heterocycles. The molecular weight excluding hydrogens is 144 g/mol. The third-order valence-electron chi connectivity index (χ3n) is 2.08. The van der Waals surface area contributed by atoms with Gasteiger partial charge in [0.05, 0.1) is 0 Å². The van der Waals surface area contributed by atoms with E-state index in [2.05, 4.69) is 12.2 Å². The fourth-order valence-electron chi connectivity index (χ4n) is 1.50. The summed E-state index contributed by atoms with van der Waals surface area (Å²) in [7, 11) is 0. The number of hydrogen-bond donors (Lipinski definition) is 0. The van der Waals surface area contributed by atoms with E-state index in [1.165, 1.54) is 25.7 Å². The largest absolute Gasteiger partial charge is 0.126 e. The van der Waals surface area contributed by atoms with Crippen LogP contribution >= 0.6 is 11.6 Å². The Morgan fingerprint density at radius 1 is 1.30 bits per heavy atom. The molecule has 0 radical (unpaired) electrons. The smallest absolute Gasteiger partial charge is 0.0258 e. The molecule has 0 aromatic carbocycles. The molecule has 0 aromatic heterocycles. The minimum absolute atomic E-state index is 0.767. The van der Waals surface area contributed by atoms with Crippen LogP contribution in [0.3, 0.4) is 0 Å². The first-order chi connectivity index (χ1) is 4.93. The first kappa shape index (κ1) is 8.13. The van der Waals surface area contributed by atoms with Crippen LogP contribution < -0.4 is 0 Å². The van der Waals surface area contributed by atoms with Crippen molar-refractivity contribution in [1.82, 2.24) is 0 Å². The van der Waals surface area contributed by atoms with Crippen molar-refractivity contribution in [2.45, 2.75) is 32.1 Å². The molecule has 10 heavy (non-hydrogen) atoms. The van der Waals surface area contributed by atoms with Gasteiger partial charge in [0.1, 0.15) is 0 Å². The van der Waals surface area contributed by atoms with Gasteiger partial charge >= 0.3 is 0 Å². The van der Waals surface area contributed by atoms with Crippen molar-refractivity contribution in [3.8, 4) is 0 Å². The average molecular weight is 159 g/mol. The van der Waals surface area contributed by atoms with Gasteiger partial charge in [0.15, 0.2) is 0 Å². The van der Waals surface area contributed by atoms with Gasteiger partial charge in [0.2, 0.25) is 0 Å². The number of alkyl halides is 1. The highest BCUT2D eigenvalue weighted by atomic mass is 35.5. The summed E-state index contributed by atoms with van der Waals surface area (Å²) in [6.45, 7) is 0. The zero-order chi connectivity index (χ0) is 7.23. The minimum atomic E-state index is 0.767. The summed E-state index contributed by atoms with van der Waals surface area (Å²) in [5.41, 5.74) is 0. The van der Waals surface area contributed by atoms with Crippen LogP contribution in [-0.4, -0.2) is 5.88 Å². The van der Waals surface area contributed by atoms with E-state index in [4.69, 9.17) is 11.6 Å². The molecule has 0 aromatic rings. The molecule has 1 heteroatoms. The van der Waals surface area contributed by atoms with E-state index in [1.807, 2.05) is 0 Å². The normalized spacial score (nSPS) is 20.9. The first-order valence-corrected chi connectivity index (χ1v) is 4.69. The highest BCUT2D eigenvalue weighted by Crippen LogP contribution is 2.25. The van der Waals surface area contributed by atoms with Crippen LogP contribution in [0.25, 0.3) is 0 Å². The second kappa shape index (κ2) is 4.79. The Morgan fingerprint density at radius 2 is 2.00 bits per heavy atom. The Morgan fingerprint density at radius 3 is 2.60 bits per heavy atom. The molecule has 0 bridgehead atoms. The van der Waals surface area contributed by atoms with Crippen molar-refractivity contribution in [3.63, 3.8) is 0 Å². The predicted molar refractivity (Wildman–Crippen MR) is 46.4 cm³/mol. The lowest BCUT2D eigenvalue weighted by Crippen LogP contribution is -1.84. The summed E-state index contributed by atoms with van der Waals surface area (Å²) < 4.78 is 0. The van der Waals surface area contributed by atoms with Crippen molar-refractivity contribution in [2.24, 2.45) is 5.92 Å². The summed E-state index contributed by atoms with van der Waals surface area (Å²) in [6, 6.07) is 0. The van der Waals surface area contributed by atoms with Crippen molar-refractivity contribution in [3.05, 3.63) is 12.2 Å². The van der Waals surface area contributed by atoms with Crippen molar-refractivity contribution in [1.29, 1.82) is 0 Å². The van der Waals surface area contributed by atoms with Gasteiger partial charge < -0.3 is 0 Å². The Kier molecular flexibility index (Phi) is 3.89. The fourth-order valence-corrected chi connectivity index (χ4v) is 1.63. The molecule has 1 aliphatic rings. The number of allylic oxidation sites excluding steroid dienone is 2. The maximum absolute atomic E-state index is 5.54. The van der Waals surface area contributed by atoms with Gasteiger partial charge in [-0.2, -0.15) is 0 Å². The van der Waals surface area contributed by atoms with Crippen molar-refractivity contribution < 1.29 is 0 Å². The zero-order valence-electron chi connectivity index (χ0n) is 6.35. The second-order valence-corrected chi connectivity index (χ2v) is 3.33. The highest BCUT2D eigenvalue weighted by Gasteiger charge is 2.10. The summed E-state index contributed by atoms with van der Waals surface area (Å²) in [5, 5.41) is 0. The number of halogens is 1. The maximum atomic E-state index is 5.54. The Labute approximate surface area is 68.3 Å². The van der Waals surface area contributed by atoms with Gasteiger partial charge in [-0.15, -0.1) is 11.6 Å². The predicted octanol–water partition coefficient (Wildman–Crippen LogP) is 3.36. The maximum Gasteiger partial charge on any atom is 0.0258 e. The van der Waals surface area contributed by atoms with E-state index >= 15 is 0 Å². The molecule has 1 aliphatic carbocycles. The first-order valence-electron chi connectivity index (χ1n) is 4.16. The molecular formula is C9H15Cl. The molecule has 0 amide bonds. The number of hydrogen-bond acceptors (Lipinski definition) is 0. The SMILES string of the molecule is ClCCC=CC1CCCC1. The molecule has 0 aliphatic heterocycles. The lowest BCUT2D eigenvalue weighted by Gasteiger charge is -1.98. The monoisotopic (exact) mass is 158 g/mol. The summed E-state index contributed by atoms with van der Waals surface area (Å²) in [4.78, 5) is 0. The third-order valence-corrected chi connectivity index (χ3v) is 2.30. The van der Waals surface area contributed by atoms with E-state index in [9.17, 15) is 0 Å². The van der Waals surface area contributed by atoms with E-state index in [-0.39, 0.29) is 0 Å². The lowest BCUT2D eigenvalue weighted by atomic mass is 10.1. The van der Waals surface area contributed by atoms with Gasteiger partial charge in [-0.05, 0) is 25.2 Å². The molecule has 58 valence electrons. The fraction of sp³-hybridized carbons (Fsp3) is 0.778. The van der Waals surface area contributed by atoms with Crippen LogP contribution in [0, 0.1) is 5.92 Å². The van der Waals surface area contributed by atoms with E-state index < -0.39 is 0 Å². The average Bonchev–Trinajstić information content (AvgIpc) is 2.41. The minimum Gasteiger partial charge on any atom is -0.126 e. The van der Waals surface area contributed by atoms with Gasteiger partial charge in [-0.1, -0.05) is 25.0 Å². The van der Waals surface area contributed by atoms with Crippen LogP contribution in [0.4, 0.5) is 0 Å². The molecule has 1 saturated carbocycles. The molecule has 1 rings (SSSR count). The lowest BCUT2D eigenvalue weighted by molar-refractivity contribution is 0.683. The Bertz CT molecular complexity index is 101. The molecule has 0 nitrogen and oxygen atoms in total. The van der Waals surface area contributed by atoms with E-state index in [1.54, 1.807) is 0 Å². The third kappa shape index (κ3) is 2.74. The van der Waals surface area contributed by atoms with Crippen molar-refractivity contribution >= 4 is 11.6 Å².